The van der Waals surface area contributed by atoms with Crippen LogP contribution in [0.1, 0.15) is 11.1 Å². The molecule has 1 aromatic carbocycles. The summed E-state index contributed by atoms with van der Waals surface area (Å²) < 4.78 is 10.6. The molecule has 0 heterocycles. The molecule has 0 aliphatic heterocycles. The van der Waals surface area contributed by atoms with Gasteiger partial charge in [-0.2, -0.15) is 0 Å². The van der Waals surface area contributed by atoms with Gasteiger partial charge in [0.25, 0.3) is 0 Å². The van der Waals surface area contributed by atoms with Crippen LogP contribution >= 0.6 is 22.6 Å². The smallest absolute Gasteiger partial charge is 0.414 e. The Balaban J connectivity index is 3.13. The van der Waals surface area contributed by atoms with Crippen LogP contribution in [0.4, 0.5) is 10.5 Å². The van der Waals surface area contributed by atoms with Crippen molar-refractivity contribution in [3.63, 3.8) is 0 Å². The molecule has 0 saturated heterocycles. The highest BCUT2D eigenvalue weighted by molar-refractivity contribution is 14.1. The lowest BCUT2D eigenvalue weighted by atomic mass is 10.1. The van der Waals surface area contributed by atoms with Crippen LogP contribution in [-0.4, -0.2) is 32.3 Å². The highest BCUT2D eigenvalue weighted by Gasteiger charge is 2.20. The van der Waals surface area contributed by atoms with Crippen molar-refractivity contribution in [3.05, 3.63) is 51.6 Å². The van der Waals surface area contributed by atoms with Crippen molar-refractivity contribution in [3.8, 4) is 0 Å². The number of anilines is 1. The Kier molecular flexibility index (Phi) is 7.80. The molecular formula is C17H20INO4. The molecule has 0 N–H and O–H groups in total. The average Bonchev–Trinajstić information content (AvgIpc) is 2.49. The molecule has 0 fully saturated rings. The van der Waals surface area contributed by atoms with E-state index in [2.05, 4.69) is 33.9 Å². The van der Waals surface area contributed by atoms with Crippen molar-refractivity contribution < 1.29 is 19.1 Å². The minimum Gasteiger partial charge on any atom is -0.466 e. The van der Waals surface area contributed by atoms with E-state index in [-0.39, 0.29) is 13.2 Å². The molecule has 0 spiro atoms. The van der Waals surface area contributed by atoms with E-state index >= 15 is 0 Å². The fourth-order valence-corrected chi connectivity index (χ4v) is 3.25. The normalized spacial score (nSPS) is 10.4. The first-order valence-corrected chi connectivity index (χ1v) is 8.05. The molecule has 0 aliphatic carbocycles. The zero-order chi connectivity index (χ0) is 17.4. The molecule has 1 aromatic rings. The first kappa shape index (κ1) is 19.2. The Morgan fingerprint density at radius 1 is 1.35 bits per heavy atom. The van der Waals surface area contributed by atoms with E-state index in [9.17, 15) is 9.59 Å². The summed E-state index contributed by atoms with van der Waals surface area (Å²) in [6, 6.07) is 3.98. The summed E-state index contributed by atoms with van der Waals surface area (Å²) in [4.78, 5) is 25.0. The summed E-state index contributed by atoms with van der Waals surface area (Å²) >= 11 is 2.19. The van der Waals surface area contributed by atoms with E-state index in [4.69, 9.17) is 4.74 Å². The van der Waals surface area contributed by atoms with Gasteiger partial charge in [-0.15, -0.1) is 0 Å². The summed E-state index contributed by atoms with van der Waals surface area (Å²) in [6.07, 6.45) is 3.86. The Labute approximate surface area is 150 Å². The van der Waals surface area contributed by atoms with Gasteiger partial charge in [-0.1, -0.05) is 24.8 Å². The van der Waals surface area contributed by atoms with E-state index in [0.29, 0.717) is 0 Å². The number of rotatable bonds is 6. The van der Waals surface area contributed by atoms with E-state index in [1.807, 2.05) is 26.0 Å². The van der Waals surface area contributed by atoms with Crippen molar-refractivity contribution in [1.29, 1.82) is 0 Å². The van der Waals surface area contributed by atoms with Crippen LogP contribution in [-0.2, 0) is 14.3 Å². The molecule has 124 valence electrons. The highest BCUT2D eigenvalue weighted by atomic mass is 127. The van der Waals surface area contributed by atoms with E-state index < -0.39 is 12.1 Å². The average molecular weight is 429 g/mol. The second kappa shape index (κ2) is 9.34. The number of hydrogen-bond acceptors (Lipinski definition) is 4. The van der Waals surface area contributed by atoms with Crippen molar-refractivity contribution in [2.75, 3.05) is 25.2 Å². The molecule has 1 amide bonds. The van der Waals surface area contributed by atoms with Gasteiger partial charge in [0.05, 0.1) is 12.8 Å². The number of hydrogen-bond donors (Lipinski definition) is 0. The molecule has 0 radical (unpaired) electrons. The minimum absolute atomic E-state index is 0.123. The summed E-state index contributed by atoms with van der Waals surface area (Å²) in [5.74, 6) is -0.472. The number of benzene rings is 1. The Hall–Kier alpha value is -1.83. The van der Waals surface area contributed by atoms with Gasteiger partial charge in [0, 0.05) is 16.2 Å². The molecule has 5 nitrogen and oxygen atoms in total. The molecule has 6 heteroatoms. The molecule has 1 rings (SSSR count). The standard InChI is InChI=1S/C17H20INO4/c1-5-9-23-17(21)19(8-6-7-15(20)22-4)16-13(3)10-12(2)11-14(16)18/h5-7,10-11H,1,8-9H2,2-4H3/b7-6+. The van der Waals surface area contributed by atoms with E-state index in [0.717, 1.165) is 20.4 Å². The quantitative estimate of drug-likeness (QED) is 0.299. The van der Waals surface area contributed by atoms with Crippen molar-refractivity contribution in [1.82, 2.24) is 0 Å². The van der Waals surface area contributed by atoms with Crippen LogP contribution in [0, 0.1) is 17.4 Å². The van der Waals surface area contributed by atoms with Crippen LogP contribution in [0.25, 0.3) is 0 Å². The van der Waals surface area contributed by atoms with Crippen molar-refractivity contribution in [2.45, 2.75) is 13.8 Å². The number of carbonyl (C=O) groups is 2. The number of nitrogens with zero attached hydrogens (tertiary/aromatic N) is 1. The molecule has 0 aromatic heterocycles. The molecule has 23 heavy (non-hydrogen) atoms. The lowest BCUT2D eigenvalue weighted by Gasteiger charge is -2.24. The van der Waals surface area contributed by atoms with Gasteiger partial charge < -0.3 is 9.47 Å². The van der Waals surface area contributed by atoms with Gasteiger partial charge in [-0.25, -0.2) is 9.59 Å². The zero-order valence-corrected chi connectivity index (χ0v) is 15.6. The number of halogens is 1. The number of ether oxygens (including phenoxy) is 2. The first-order valence-electron chi connectivity index (χ1n) is 6.97. The third-order valence-corrected chi connectivity index (χ3v) is 3.78. The third kappa shape index (κ3) is 5.70. The maximum atomic E-state index is 12.3. The number of methoxy groups -OCH3 is 1. The van der Waals surface area contributed by atoms with Gasteiger partial charge >= 0.3 is 12.1 Å². The van der Waals surface area contributed by atoms with Crippen LogP contribution in [0.3, 0.4) is 0 Å². The third-order valence-electron chi connectivity index (χ3n) is 2.96. The largest absolute Gasteiger partial charge is 0.466 e. The van der Waals surface area contributed by atoms with E-state index in [1.54, 1.807) is 6.08 Å². The second-order valence-corrected chi connectivity index (χ2v) is 5.98. The fourth-order valence-electron chi connectivity index (χ4n) is 2.04. The predicted molar refractivity (Wildman–Crippen MR) is 98.7 cm³/mol. The summed E-state index contributed by atoms with van der Waals surface area (Å²) in [5, 5.41) is 0. The molecule has 0 aliphatic rings. The Bertz CT molecular complexity index is 602. The molecule has 0 bridgehead atoms. The highest BCUT2D eigenvalue weighted by Crippen LogP contribution is 2.29. The van der Waals surface area contributed by atoms with Crippen LogP contribution in [0.2, 0.25) is 0 Å². The molecule has 0 saturated carbocycles. The van der Waals surface area contributed by atoms with Gasteiger partial charge in [0.15, 0.2) is 0 Å². The lowest BCUT2D eigenvalue weighted by Crippen LogP contribution is -2.33. The maximum Gasteiger partial charge on any atom is 0.414 e. The topological polar surface area (TPSA) is 55.8 Å². The Morgan fingerprint density at radius 3 is 2.61 bits per heavy atom. The van der Waals surface area contributed by atoms with Gasteiger partial charge in [-0.3, -0.25) is 4.90 Å². The molecule has 0 atom stereocenters. The Morgan fingerprint density at radius 2 is 2.04 bits per heavy atom. The summed E-state index contributed by atoms with van der Waals surface area (Å²) in [7, 11) is 1.30. The number of carbonyl (C=O) groups excluding carboxylic acids is 2. The van der Waals surface area contributed by atoms with E-state index in [1.165, 1.54) is 24.2 Å². The van der Waals surface area contributed by atoms with Crippen molar-refractivity contribution in [2.24, 2.45) is 0 Å². The summed E-state index contributed by atoms with van der Waals surface area (Å²) in [5.41, 5.74) is 2.83. The van der Waals surface area contributed by atoms with Crippen molar-refractivity contribution >= 4 is 40.3 Å². The predicted octanol–water partition coefficient (Wildman–Crippen LogP) is 3.77. The molecule has 0 unspecified atom stereocenters. The van der Waals surface area contributed by atoms with Gasteiger partial charge in [-0.05, 0) is 53.6 Å². The SMILES string of the molecule is C=CCOC(=O)N(C/C=C/C(=O)OC)c1c(C)cc(C)cc1I. The van der Waals surface area contributed by atoms with Gasteiger partial charge in [0.1, 0.15) is 6.61 Å². The minimum atomic E-state index is -0.496. The number of amides is 1. The van der Waals surface area contributed by atoms with Gasteiger partial charge in [0.2, 0.25) is 0 Å². The monoisotopic (exact) mass is 429 g/mol. The first-order chi connectivity index (χ1) is 10.9. The van der Waals surface area contributed by atoms with Crippen LogP contribution < -0.4 is 4.90 Å². The number of aryl methyl sites for hydroxylation is 2. The molecular weight excluding hydrogens is 409 g/mol. The fraction of sp³-hybridized carbons (Fsp3) is 0.294. The van der Waals surface area contributed by atoms with Crippen LogP contribution in [0.15, 0.2) is 36.9 Å². The van der Waals surface area contributed by atoms with Crippen LogP contribution in [0.5, 0.6) is 0 Å². The lowest BCUT2D eigenvalue weighted by molar-refractivity contribution is -0.134. The summed E-state index contributed by atoms with van der Waals surface area (Å²) in [6.45, 7) is 7.79. The zero-order valence-electron chi connectivity index (χ0n) is 13.5. The second-order valence-electron chi connectivity index (χ2n) is 4.81. The number of esters is 1. The maximum absolute atomic E-state index is 12.3.